The lowest BCUT2D eigenvalue weighted by molar-refractivity contribution is -0.140. The number of rotatable bonds is 4. The molecular weight excluding hydrogens is 335 g/mol. The molecule has 2 aromatic rings. The first-order valence-electron chi connectivity index (χ1n) is 6.06. The summed E-state index contributed by atoms with van der Waals surface area (Å²) in [6.07, 6.45) is -3.82. The van der Waals surface area contributed by atoms with Crippen LogP contribution >= 0.6 is 15.9 Å². The minimum absolute atomic E-state index is 0.0618. The summed E-state index contributed by atoms with van der Waals surface area (Å²) < 4.78 is 38.8. The van der Waals surface area contributed by atoms with Gasteiger partial charge < -0.3 is 5.32 Å². The number of anilines is 1. The number of hydrogen-bond acceptors (Lipinski definition) is 2. The Kier molecular flexibility index (Phi) is 4.37. The molecule has 1 aromatic carbocycles. The van der Waals surface area contributed by atoms with Gasteiger partial charge in [0, 0.05) is 0 Å². The monoisotopic (exact) mass is 347 g/mol. The van der Waals surface area contributed by atoms with Crippen molar-refractivity contribution in [3.63, 3.8) is 0 Å². The van der Waals surface area contributed by atoms with Crippen LogP contribution in [0, 0.1) is 0 Å². The molecule has 108 valence electrons. The Hall–Kier alpha value is -1.50. The van der Waals surface area contributed by atoms with E-state index in [1.54, 1.807) is 0 Å². The maximum absolute atomic E-state index is 12.9. The largest absolute Gasteiger partial charge is 0.434 e. The second-order valence-corrected chi connectivity index (χ2v) is 5.03. The Morgan fingerprint density at radius 2 is 1.95 bits per heavy atom. The molecule has 1 atom stereocenters. The molecule has 7 heteroatoms. The van der Waals surface area contributed by atoms with Crippen LogP contribution in [0.1, 0.15) is 30.6 Å². The molecule has 1 unspecified atom stereocenters. The van der Waals surface area contributed by atoms with Gasteiger partial charge in [-0.25, -0.2) is 0 Å². The molecule has 2 rings (SSSR count). The van der Waals surface area contributed by atoms with E-state index in [-0.39, 0.29) is 16.3 Å². The summed E-state index contributed by atoms with van der Waals surface area (Å²) in [5.74, 6) is 0. The predicted molar refractivity (Wildman–Crippen MR) is 74.4 cm³/mol. The van der Waals surface area contributed by atoms with Crippen molar-refractivity contribution in [2.24, 2.45) is 0 Å². The van der Waals surface area contributed by atoms with Crippen LogP contribution in [0.2, 0.25) is 0 Å². The SMILES string of the molecule is CCC(Nc1c(Br)n[nH]c1C(F)(F)F)c1ccccc1. The number of benzene rings is 1. The average molecular weight is 348 g/mol. The van der Waals surface area contributed by atoms with E-state index in [4.69, 9.17) is 0 Å². The fraction of sp³-hybridized carbons (Fsp3) is 0.308. The van der Waals surface area contributed by atoms with Gasteiger partial charge in [0.25, 0.3) is 0 Å². The third-order valence-corrected chi connectivity index (χ3v) is 3.51. The predicted octanol–water partition coefficient (Wildman–Crippen LogP) is 4.75. The van der Waals surface area contributed by atoms with Crippen LogP contribution < -0.4 is 5.32 Å². The Balaban J connectivity index is 2.31. The van der Waals surface area contributed by atoms with E-state index in [0.29, 0.717) is 6.42 Å². The number of alkyl halides is 3. The molecule has 0 bridgehead atoms. The van der Waals surface area contributed by atoms with Crippen LogP contribution in [0.15, 0.2) is 34.9 Å². The van der Waals surface area contributed by atoms with Gasteiger partial charge in [0.2, 0.25) is 0 Å². The number of H-pyrrole nitrogens is 1. The van der Waals surface area contributed by atoms with Crippen molar-refractivity contribution in [2.75, 3.05) is 5.32 Å². The quantitative estimate of drug-likeness (QED) is 0.837. The van der Waals surface area contributed by atoms with E-state index in [1.807, 2.05) is 42.4 Å². The first-order chi connectivity index (χ1) is 9.43. The first-order valence-corrected chi connectivity index (χ1v) is 6.85. The van der Waals surface area contributed by atoms with E-state index in [0.717, 1.165) is 5.56 Å². The molecule has 0 amide bonds. The van der Waals surface area contributed by atoms with Crippen LogP contribution in [0.5, 0.6) is 0 Å². The second kappa shape index (κ2) is 5.87. The summed E-state index contributed by atoms with van der Waals surface area (Å²) >= 11 is 3.03. The smallest absolute Gasteiger partial charge is 0.374 e. The molecule has 3 nitrogen and oxygen atoms in total. The van der Waals surface area contributed by atoms with Crippen LogP contribution in [0.3, 0.4) is 0 Å². The number of aromatic amines is 1. The minimum Gasteiger partial charge on any atom is -0.374 e. The highest BCUT2D eigenvalue weighted by Crippen LogP contribution is 2.38. The highest BCUT2D eigenvalue weighted by molar-refractivity contribution is 9.10. The summed E-state index contributed by atoms with van der Waals surface area (Å²) in [5.41, 5.74) is -0.0109. The number of hydrogen-bond donors (Lipinski definition) is 2. The Labute approximate surface area is 122 Å². The second-order valence-electron chi connectivity index (χ2n) is 4.28. The minimum atomic E-state index is -4.48. The Morgan fingerprint density at radius 1 is 1.30 bits per heavy atom. The third-order valence-electron chi connectivity index (χ3n) is 2.93. The van der Waals surface area contributed by atoms with Crippen molar-refractivity contribution in [1.29, 1.82) is 0 Å². The van der Waals surface area contributed by atoms with Crippen molar-refractivity contribution in [1.82, 2.24) is 10.2 Å². The molecule has 0 aliphatic heterocycles. The van der Waals surface area contributed by atoms with Crippen molar-refractivity contribution in [2.45, 2.75) is 25.6 Å². The molecule has 2 N–H and O–H groups in total. The molecule has 0 fully saturated rings. The number of halogens is 4. The average Bonchev–Trinajstić information content (AvgIpc) is 2.78. The summed E-state index contributed by atoms with van der Waals surface area (Å²) in [7, 11) is 0. The van der Waals surface area contributed by atoms with E-state index in [2.05, 4.69) is 26.3 Å². The lowest BCUT2D eigenvalue weighted by Gasteiger charge is -2.19. The Morgan fingerprint density at radius 3 is 2.50 bits per heavy atom. The molecule has 0 spiro atoms. The fourth-order valence-electron chi connectivity index (χ4n) is 1.94. The maximum Gasteiger partial charge on any atom is 0.434 e. The zero-order valence-electron chi connectivity index (χ0n) is 10.6. The molecule has 0 saturated carbocycles. The van der Waals surface area contributed by atoms with Crippen molar-refractivity contribution in [3.05, 3.63) is 46.2 Å². The molecule has 0 saturated heterocycles. The van der Waals surface area contributed by atoms with Crippen LogP contribution in [0.25, 0.3) is 0 Å². The van der Waals surface area contributed by atoms with Gasteiger partial charge in [-0.1, -0.05) is 37.3 Å². The van der Waals surface area contributed by atoms with Crippen LogP contribution in [0.4, 0.5) is 18.9 Å². The van der Waals surface area contributed by atoms with Gasteiger partial charge in [-0.15, -0.1) is 0 Å². The van der Waals surface area contributed by atoms with Gasteiger partial charge in [0.1, 0.15) is 5.69 Å². The first kappa shape index (κ1) is 14.9. The summed E-state index contributed by atoms with van der Waals surface area (Å²) in [6.45, 7) is 1.91. The summed E-state index contributed by atoms with van der Waals surface area (Å²) in [6, 6.07) is 9.12. The van der Waals surface area contributed by atoms with E-state index in [9.17, 15) is 13.2 Å². The standard InChI is InChI=1S/C13H13BrF3N3/c1-2-9(8-6-4-3-5-7-8)18-10-11(13(15,16)17)19-20-12(10)14/h3-7,9,18H,2H2,1H3,(H,19,20). The van der Waals surface area contributed by atoms with E-state index >= 15 is 0 Å². The van der Waals surface area contributed by atoms with Crippen molar-refractivity contribution in [3.8, 4) is 0 Å². The molecule has 0 aliphatic rings. The molecule has 1 heterocycles. The lowest BCUT2D eigenvalue weighted by Crippen LogP contribution is -2.14. The van der Waals surface area contributed by atoms with Gasteiger partial charge in [0.05, 0.1) is 6.04 Å². The topological polar surface area (TPSA) is 40.7 Å². The van der Waals surface area contributed by atoms with Gasteiger partial charge >= 0.3 is 6.18 Å². The fourth-order valence-corrected chi connectivity index (χ4v) is 2.34. The number of aromatic nitrogens is 2. The molecule has 1 aromatic heterocycles. The molecule has 0 aliphatic carbocycles. The highest BCUT2D eigenvalue weighted by Gasteiger charge is 2.37. The third kappa shape index (κ3) is 3.15. The zero-order valence-corrected chi connectivity index (χ0v) is 12.2. The maximum atomic E-state index is 12.9. The van der Waals surface area contributed by atoms with E-state index in [1.165, 1.54) is 0 Å². The summed E-state index contributed by atoms with van der Waals surface area (Å²) in [4.78, 5) is 0. The zero-order chi connectivity index (χ0) is 14.8. The lowest BCUT2D eigenvalue weighted by atomic mass is 10.0. The number of nitrogens with zero attached hydrogens (tertiary/aromatic N) is 1. The normalized spacial score (nSPS) is 13.2. The highest BCUT2D eigenvalue weighted by atomic mass is 79.9. The molecule has 20 heavy (non-hydrogen) atoms. The van der Waals surface area contributed by atoms with Crippen LogP contribution in [-0.2, 0) is 6.18 Å². The Bertz CT molecular complexity index is 566. The van der Waals surface area contributed by atoms with E-state index < -0.39 is 11.9 Å². The van der Waals surface area contributed by atoms with Crippen molar-refractivity contribution < 1.29 is 13.2 Å². The molecular formula is C13H13BrF3N3. The van der Waals surface area contributed by atoms with Gasteiger partial charge in [-0.2, -0.15) is 18.3 Å². The molecule has 0 radical (unpaired) electrons. The van der Waals surface area contributed by atoms with Gasteiger partial charge in [0.15, 0.2) is 10.3 Å². The van der Waals surface area contributed by atoms with Gasteiger partial charge in [-0.05, 0) is 27.9 Å². The van der Waals surface area contributed by atoms with Crippen LogP contribution in [-0.4, -0.2) is 10.2 Å². The van der Waals surface area contributed by atoms with Gasteiger partial charge in [-0.3, -0.25) is 5.10 Å². The number of nitrogens with one attached hydrogen (secondary N) is 2. The summed E-state index contributed by atoms with van der Waals surface area (Å²) in [5, 5.41) is 8.49. The van der Waals surface area contributed by atoms with Crippen molar-refractivity contribution >= 4 is 21.6 Å².